The number of carbonyl (C=O) groups excluding carboxylic acids is 1. The first kappa shape index (κ1) is 15.3. The van der Waals surface area contributed by atoms with Gasteiger partial charge in [0.15, 0.2) is 0 Å². The number of hydrogen-bond acceptors (Lipinski definition) is 3. The van der Waals surface area contributed by atoms with Gasteiger partial charge >= 0.3 is 0 Å². The standard InChI is InChI=1S/C14H18BrFN2O2/c15-10-6-11(16)13(14(17)19)12(7-10)18-4-1-5-20-8-9-2-3-9/h6-7,9,18H,1-5,8H2,(H2,17,19). The largest absolute Gasteiger partial charge is 0.384 e. The van der Waals surface area contributed by atoms with Crippen LogP contribution in [0.3, 0.4) is 0 Å². The molecule has 1 amide bonds. The molecule has 0 aliphatic heterocycles. The number of benzene rings is 1. The maximum atomic E-state index is 13.7. The van der Waals surface area contributed by atoms with E-state index in [0.717, 1.165) is 18.9 Å². The fourth-order valence-electron chi connectivity index (χ4n) is 1.90. The molecule has 0 bridgehead atoms. The number of nitrogens with two attached hydrogens (primary N) is 1. The van der Waals surface area contributed by atoms with E-state index in [1.807, 2.05) is 0 Å². The Morgan fingerprint density at radius 3 is 2.90 bits per heavy atom. The molecule has 1 aliphatic carbocycles. The quantitative estimate of drug-likeness (QED) is 0.712. The Hall–Kier alpha value is -1.14. The molecule has 1 fully saturated rings. The number of halogens is 2. The Balaban J connectivity index is 1.82. The fourth-order valence-corrected chi connectivity index (χ4v) is 2.33. The first-order chi connectivity index (χ1) is 9.58. The van der Waals surface area contributed by atoms with E-state index in [9.17, 15) is 9.18 Å². The number of hydrogen-bond donors (Lipinski definition) is 2. The van der Waals surface area contributed by atoms with E-state index in [0.29, 0.717) is 23.3 Å². The van der Waals surface area contributed by atoms with E-state index < -0.39 is 11.7 Å². The Labute approximate surface area is 126 Å². The van der Waals surface area contributed by atoms with Gasteiger partial charge in [-0.3, -0.25) is 4.79 Å². The minimum absolute atomic E-state index is 0.105. The lowest BCUT2D eigenvalue weighted by Crippen LogP contribution is -2.17. The average Bonchev–Trinajstić information content (AvgIpc) is 3.16. The summed E-state index contributed by atoms with van der Waals surface area (Å²) in [6.07, 6.45) is 3.34. The normalized spacial score (nSPS) is 14.3. The lowest BCUT2D eigenvalue weighted by molar-refractivity contribution is 0.0997. The molecule has 0 aromatic heterocycles. The van der Waals surface area contributed by atoms with Gasteiger partial charge in [-0.2, -0.15) is 0 Å². The number of nitrogens with one attached hydrogen (secondary N) is 1. The van der Waals surface area contributed by atoms with Crippen LogP contribution in [0.25, 0.3) is 0 Å². The SMILES string of the molecule is NC(=O)c1c(F)cc(Br)cc1NCCCOCC1CC1. The van der Waals surface area contributed by atoms with Crippen molar-refractivity contribution in [1.82, 2.24) is 0 Å². The molecule has 0 unspecified atom stereocenters. The van der Waals surface area contributed by atoms with Crippen molar-refractivity contribution in [3.63, 3.8) is 0 Å². The smallest absolute Gasteiger partial charge is 0.253 e. The molecule has 0 spiro atoms. The van der Waals surface area contributed by atoms with Gasteiger partial charge < -0.3 is 15.8 Å². The monoisotopic (exact) mass is 344 g/mol. The molecule has 0 radical (unpaired) electrons. The number of anilines is 1. The topological polar surface area (TPSA) is 64.4 Å². The summed E-state index contributed by atoms with van der Waals surface area (Å²) in [5.74, 6) is -0.648. The number of ether oxygens (including phenoxy) is 1. The first-order valence-corrected chi connectivity index (χ1v) is 7.47. The van der Waals surface area contributed by atoms with Gasteiger partial charge in [-0.15, -0.1) is 0 Å². The number of carbonyl (C=O) groups is 1. The van der Waals surface area contributed by atoms with Gasteiger partial charge in [0.25, 0.3) is 5.91 Å². The van der Waals surface area contributed by atoms with Gasteiger partial charge in [0.2, 0.25) is 0 Å². The maximum absolute atomic E-state index is 13.7. The fraction of sp³-hybridized carbons (Fsp3) is 0.500. The molecule has 1 aromatic carbocycles. The number of primary amides is 1. The molecule has 20 heavy (non-hydrogen) atoms. The van der Waals surface area contributed by atoms with E-state index in [4.69, 9.17) is 10.5 Å². The van der Waals surface area contributed by atoms with Gasteiger partial charge in [0, 0.05) is 24.2 Å². The summed E-state index contributed by atoms with van der Waals surface area (Å²) in [6, 6.07) is 2.87. The van der Waals surface area contributed by atoms with Crippen LogP contribution in [0.5, 0.6) is 0 Å². The van der Waals surface area contributed by atoms with E-state index in [-0.39, 0.29) is 5.56 Å². The van der Waals surface area contributed by atoms with Crippen LogP contribution in [0.4, 0.5) is 10.1 Å². The molecule has 0 heterocycles. The first-order valence-electron chi connectivity index (χ1n) is 6.68. The summed E-state index contributed by atoms with van der Waals surface area (Å²) >= 11 is 3.20. The van der Waals surface area contributed by atoms with Crippen molar-refractivity contribution in [3.8, 4) is 0 Å². The molecule has 1 aliphatic rings. The minimum Gasteiger partial charge on any atom is -0.384 e. The van der Waals surface area contributed by atoms with Crippen LogP contribution in [-0.4, -0.2) is 25.7 Å². The molecular weight excluding hydrogens is 327 g/mol. The Morgan fingerprint density at radius 2 is 2.25 bits per heavy atom. The zero-order valence-electron chi connectivity index (χ0n) is 11.1. The zero-order valence-corrected chi connectivity index (χ0v) is 12.7. The molecule has 0 saturated heterocycles. The summed E-state index contributed by atoms with van der Waals surface area (Å²) in [7, 11) is 0. The highest BCUT2D eigenvalue weighted by Gasteiger charge is 2.20. The Bertz CT molecular complexity index is 492. The third-order valence-corrected chi connectivity index (χ3v) is 3.59. The lowest BCUT2D eigenvalue weighted by atomic mass is 10.1. The van der Waals surface area contributed by atoms with Crippen molar-refractivity contribution in [3.05, 3.63) is 28.0 Å². The molecule has 110 valence electrons. The second-order valence-electron chi connectivity index (χ2n) is 4.97. The Kier molecular flexibility index (Phi) is 5.37. The highest BCUT2D eigenvalue weighted by molar-refractivity contribution is 9.10. The van der Waals surface area contributed by atoms with Gasteiger partial charge in [0.1, 0.15) is 5.82 Å². The molecule has 0 atom stereocenters. The van der Waals surface area contributed by atoms with Crippen LogP contribution in [0.15, 0.2) is 16.6 Å². The van der Waals surface area contributed by atoms with Gasteiger partial charge in [-0.1, -0.05) is 15.9 Å². The minimum atomic E-state index is -0.775. The van der Waals surface area contributed by atoms with Crippen LogP contribution < -0.4 is 11.1 Å². The van der Waals surface area contributed by atoms with E-state index in [1.54, 1.807) is 6.07 Å². The average molecular weight is 345 g/mol. The second kappa shape index (κ2) is 7.04. The summed E-state index contributed by atoms with van der Waals surface area (Å²) in [6.45, 7) is 2.09. The number of amides is 1. The molecule has 4 nitrogen and oxygen atoms in total. The van der Waals surface area contributed by atoms with Crippen molar-refractivity contribution < 1.29 is 13.9 Å². The number of rotatable bonds is 8. The van der Waals surface area contributed by atoms with Gasteiger partial charge in [0.05, 0.1) is 11.3 Å². The summed E-state index contributed by atoms with van der Waals surface area (Å²) in [5, 5.41) is 3.03. The van der Waals surface area contributed by atoms with Crippen LogP contribution in [0.1, 0.15) is 29.6 Å². The molecular formula is C14H18BrFN2O2. The highest BCUT2D eigenvalue weighted by atomic mass is 79.9. The molecule has 1 aromatic rings. The summed E-state index contributed by atoms with van der Waals surface area (Å²) < 4.78 is 19.8. The predicted molar refractivity (Wildman–Crippen MR) is 79.3 cm³/mol. The van der Waals surface area contributed by atoms with Crippen molar-refractivity contribution in [2.75, 3.05) is 25.1 Å². The summed E-state index contributed by atoms with van der Waals surface area (Å²) in [4.78, 5) is 11.3. The highest BCUT2D eigenvalue weighted by Crippen LogP contribution is 2.28. The van der Waals surface area contributed by atoms with Crippen LogP contribution in [0, 0.1) is 11.7 Å². The molecule has 1 saturated carbocycles. The van der Waals surface area contributed by atoms with Crippen molar-refractivity contribution in [2.45, 2.75) is 19.3 Å². The second-order valence-corrected chi connectivity index (χ2v) is 5.89. The van der Waals surface area contributed by atoms with Crippen molar-refractivity contribution >= 4 is 27.5 Å². The van der Waals surface area contributed by atoms with Crippen molar-refractivity contribution in [1.29, 1.82) is 0 Å². The molecule has 6 heteroatoms. The van der Waals surface area contributed by atoms with Crippen LogP contribution in [0.2, 0.25) is 0 Å². The van der Waals surface area contributed by atoms with Gasteiger partial charge in [-0.05, 0) is 37.3 Å². The maximum Gasteiger partial charge on any atom is 0.253 e. The third-order valence-electron chi connectivity index (χ3n) is 3.13. The van der Waals surface area contributed by atoms with E-state index in [1.165, 1.54) is 18.9 Å². The van der Waals surface area contributed by atoms with E-state index >= 15 is 0 Å². The third kappa shape index (κ3) is 4.45. The lowest BCUT2D eigenvalue weighted by Gasteiger charge is -2.11. The molecule has 2 rings (SSSR count). The zero-order chi connectivity index (χ0) is 14.5. The van der Waals surface area contributed by atoms with Gasteiger partial charge in [-0.25, -0.2) is 4.39 Å². The summed E-state index contributed by atoms with van der Waals surface area (Å²) in [5.41, 5.74) is 5.50. The predicted octanol–water partition coefficient (Wildman–Crippen LogP) is 2.92. The van der Waals surface area contributed by atoms with E-state index in [2.05, 4.69) is 21.2 Å². The van der Waals surface area contributed by atoms with Crippen LogP contribution >= 0.6 is 15.9 Å². The van der Waals surface area contributed by atoms with Crippen molar-refractivity contribution in [2.24, 2.45) is 11.7 Å². The molecule has 3 N–H and O–H groups in total. The van der Waals surface area contributed by atoms with Crippen LogP contribution in [-0.2, 0) is 4.74 Å². The Morgan fingerprint density at radius 1 is 1.50 bits per heavy atom.